The van der Waals surface area contributed by atoms with Crippen LogP contribution in [0.3, 0.4) is 0 Å². The minimum Gasteiger partial charge on any atom is -0.489 e. The number of ether oxygens (including phenoxy) is 2. The van der Waals surface area contributed by atoms with Crippen molar-refractivity contribution in [2.45, 2.75) is 45.3 Å². The first-order valence-electron chi connectivity index (χ1n) is 12.2. The summed E-state index contributed by atoms with van der Waals surface area (Å²) in [6, 6.07) is 4.97. The van der Waals surface area contributed by atoms with Crippen molar-refractivity contribution < 1.29 is 27.4 Å². The molecular weight excluding hydrogens is 487 g/mol. The molecule has 0 bridgehead atoms. The summed E-state index contributed by atoms with van der Waals surface area (Å²) in [6.45, 7) is 4.95. The van der Waals surface area contributed by atoms with Gasteiger partial charge in [-0.1, -0.05) is 18.2 Å². The number of anilines is 1. The van der Waals surface area contributed by atoms with Gasteiger partial charge in [0.25, 0.3) is 6.43 Å². The molecule has 1 aromatic heterocycles. The van der Waals surface area contributed by atoms with Crippen LogP contribution >= 0.6 is 0 Å². The predicted octanol–water partition coefficient (Wildman–Crippen LogP) is 4.92. The van der Waals surface area contributed by atoms with Crippen LogP contribution in [0.4, 0.5) is 23.8 Å². The summed E-state index contributed by atoms with van der Waals surface area (Å²) in [5.41, 5.74) is 1.06. The van der Waals surface area contributed by atoms with E-state index in [0.717, 1.165) is 11.6 Å². The molecule has 11 heteroatoms. The zero-order valence-electron chi connectivity index (χ0n) is 20.8. The SMILES string of the molecule is CNC(=O)N1CC[C@H](Oc2cc3c(NC(C)c4cccc(C(F)F)c4F)nc(C)nc3c3c2OCC3)C1. The molecule has 37 heavy (non-hydrogen) atoms. The van der Waals surface area contributed by atoms with Gasteiger partial charge in [-0.25, -0.2) is 27.9 Å². The summed E-state index contributed by atoms with van der Waals surface area (Å²) in [7, 11) is 1.59. The number of nitrogens with zero attached hydrogens (tertiary/aromatic N) is 3. The first kappa shape index (κ1) is 24.9. The number of hydrogen-bond donors (Lipinski definition) is 2. The van der Waals surface area contributed by atoms with E-state index in [1.165, 1.54) is 12.1 Å². The van der Waals surface area contributed by atoms with E-state index in [4.69, 9.17) is 9.47 Å². The Bertz CT molecular complexity index is 1350. The molecular formula is C26H28F3N5O3. The Morgan fingerprint density at radius 3 is 2.81 bits per heavy atom. The number of amides is 2. The number of rotatable bonds is 6. The van der Waals surface area contributed by atoms with E-state index in [-0.39, 0.29) is 17.7 Å². The average molecular weight is 516 g/mol. The molecule has 1 saturated heterocycles. The van der Waals surface area contributed by atoms with Crippen LogP contribution in [0.2, 0.25) is 0 Å². The third-order valence-corrected chi connectivity index (χ3v) is 6.77. The maximum atomic E-state index is 14.8. The van der Waals surface area contributed by atoms with Crippen LogP contribution in [0, 0.1) is 12.7 Å². The predicted molar refractivity (Wildman–Crippen MR) is 132 cm³/mol. The smallest absolute Gasteiger partial charge is 0.317 e. The number of nitrogens with one attached hydrogen (secondary N) is 2. The van der Waals surface area contributed by atoms with E-state index in [1.807, 2.05) is 0 Å². The van der Waals surface area contributed by atoms with E-state index in [0.29, 0.717) is 66.6 Å². The summed E-state index contributed by atoms with van der Waals surface area (Å²) in [6.07, 6.45) is -1.82. The van der Waals surface area contributed by atoms with E-state index >= 15 is 0 Å². The molecule has 0 radical (unpaired) electrons. The highest BCUT2D eigenvalue weighted by atomic mass is 19.3. The summed E-state index contributed by atoms with van der Waals surface area (Å²) in [4.78, 5) is 22.9. The number of urea groups is 1. The van der Waals surface area contributed by atoms with Gasteiger partial charge in [0.15, 0.2) is 11.5 Å². The molecule has 2 atom stereocenters. The van der Waals surface area contributed by atoms with Crippen molar-refractivity contribution in [2.24, 2.45) is 0 Å². The van der Waals surface area contributed by atoms with Gasteiger partial charge in [-0.05, 0) is 19.9 Å². The number of alkyl halides is 2. The van der Waals surface area contributed by atoms with E-state index in [2.05, 4.69) is 20.6 Å². The molecule has 8 nitrogen and oxygen atoms in total. The normalized spacial score (nSPS) is 17.6. The Kier molecular flexibility index (Phi) is 6.70. The molecule has 3 aromatic rings. The lowest BCUT2D eigenvalue weighted by atomic mass is 10.0. The second-order valence-electron chi connectivity index (χ2n) is 9.24. The van der Waals surface area contributed by atoms with Gasteiger partial charge in [-0.15, -0.1) is 0 Å². The van der Waals surface area contributed by atoms with Crippen LogP contribution in [-0.4, -0.2) is 53.7 Å². The lowest BCUT2D eigenvalue weighted by molar-refractivity contribution is 0.146. The second kappa shape index (κ2) is 9.95. The lowest BCUT2D eigenvalue weighted by Gasteiger charge is -2.21. The van der Waals surface area contributed by atoms with Crippen molar-refractivity contribution in [2.75, 3.05) is 32.1 Å². The Morgan fingerprint density at radius 1 is 1.27 bits per heavy atom. The molecule has 1 unspecified atom stereocenters. The standard InChI is InChI=1S/C26H28F3N5O3/c1-13(16-5-4-6-17(21(16)27)24(28)29)31-25-19-11-20(37-15-7-9-34(12-15)26(35)30-3)23-18(8-10-36-23)22(19)32-14(2)33-25/h4-6,11,13,15,24H,7-10,12H2,1-3H3,(H,30,35)(H,31,32,33)/t13?,15-/m0/s1. The van der Waals surface area contributed by atoms with Gasteiger partial charge >= 0.3 is 6.03 Å². The lowest BCUT2D eigenvalue weighted by Crippen LogP contribution is -2.37. The van der Waals surface area contributed by atoms with Crippen LogP contribution in [0.1, 0.15) is 48.3 Å². The number of benzene rings is 2. The highest BCUT2D eigenvalue weighted by molar-refractivity contribution is 5.95. The molecule has 2 aliphatic heterocycles. The van der Waals surface area contributed by atoms with Crippen LogP contribution in [0.5, 0.6) is 11.5 Å². The fourth-order valence-corrected chi connectivity index (χ4v) is 4.94. The zero-order valence-corrected chi connectivity index (χ0v) is 20.8. The second-order valence-corrected chi connectivity index (χ2v) is 9.24. The maximum Gasteiger partial charge on any atom is 0.317 e. The van der Waals surface area contributed by atoms with Gasteiger partial charge < -0.3 is 25.0 Å². The van der Waals surface area contributed by atoms with Crippen molar-refractivity contribution >= 4 is 22.8 Å². The molecule has 0 spiro atoms. The number of fused-ring (bicyclic) bond motifs is 3. The Balaban J connectivity index is 1.50. The minimum absolute atomic E-state index is 0.114. The molecule has 196 valence electrons. The summed E-state index contributed by atoms with van der Waals surface area (Å²) in [5.74, 6) is 1.16. The van der Waals surface area contributed by atoms with Crippen LogP contribution < -0.4 is 20.1 Å². The number of likely N-dealkylation sites (tertiary alicyclic amines) is 1. The zero-order chi connectivity index (χ0) is 26.3. The van der Waals surface area contributed by atoms with Gasteiger partial charge in [0.2, 0.25) is 0 Å². The summed E-state index contributed by atoms with van der Waals surface area (Å²) in [5, 5.41) is 6.48. The summed E-state index contributed by atoms with van der Waals surface area (Å²) < 4.78 is 53.6. The van der Waals surface area contributed by atoms with E-state index in [1.54, 1.807) is 31.9 Å². The quantitative estimate of drug-likeness (QED) is 0.485. The van der Waals surface area contributed by atoms with Crippen molar-refractivity contribution in [3.63, 3.8) is 0 Å². The Morgan fingerprint density at radius 2 is 2.05 bits per heavy atom. The first-order valence-corrected chi connectivity index (χ1v) is 12.2. The molecule has 1 fully saturated rings. The molecule has 0 aliphatic carbocycles. The number of aryl methyl sites for hydroxylation is 1. The number of aromatic nitrogens is 2. The van der Waals surface area contributed by atoms with Gasteiger partial charge in [0.1, 0.15) is 23.6 Å². The van der Waals surface area contributed by atoms with E-state index < -0.39 is 23.8 Å². The Hall–Kier alpha value is -3.76. The number of carbonyl (C=O) groups is 1. The largest absolute Gasteiger partial charge is 0.489 e. The molecule has 0 saturated carbocycles. The topological polar surface area (TPSA) is 88.6 Å². The van der Waals surface area contributed by atoms with Crippen LogP contribution in [0.15, 0.2) is 24.3 Å². The highest BCUT2D eigenvalue weighted by Crippen LogP contribution is 2.43. The van der Waals surface area contributed by atoms with Crippen LogP contribution in [0.25, 0.3) is 10.9 Å². The maximum absolute atomic E-state index is 14.8. The molecule has 5 rings (SSSR count). The third kappa shape index (κ3) is 4.70. The van der Waals surface area contributed by atoms with Crippen molar-refractivity contribution in [3.05, 3.63) is 52.6 Å². The summed E-state index contributed by atoms with van der Waals surface area (Å²) >= 11 is 0. The van der Waals surface area contributed by atoms with Gasteiger partial charge in [-0.2, -0.15) is 0 Å². The molecule has 3 heterocycles. The minimum atomic E-state index is -2.91. The average Bonchev–Trinajstić information content (AvgIpc) is 3.54. The van der Waals surface area contributed by atoms with Crippen molar-refractivity contribution in [1.29, 1.82) is 0 Å². The molecule has 2 aromatic carbocycles. The van der Waals surface area contributed by atoms with Gasteiger partial charge in [0.05, 0.1) is 30.3 Å². The number of carbonyl (C=O) groups excluding carboxylic acids is 1. The highest BCUT2D eigenvalue weighted by Gasteiger charge is 2.31. The number of halogens is 3. The van der Waals surface area contributed by atoms with Crippen LogP contribution in [-0.2, 0) is 6.42 Å². The third-order valence-electron chi connectivity index (χ3n) is 6.77. The number of hydrogen-bond acceptors (Lipinski definition) is 6. The van der Waals surface area contributed by atoms with Crippen molar-refractivity contribution in [1.82, 2.24) is 20.2 Å². The molecule has 2 aliphatic rings. The fourth-order valence-electron chi connectivity index (χ4n) is 4.94. The first-order chi connectivity index (χ1) is 17.8. The fraction of sp³-hybridized carbons (Fsp3) is 0.423. The van der Waals surface area contributed by atoms with Gasteiger partial charge in [-0.3, -0.25) is 0 Å². The van der Waals surface area contributed by atoms with Crippen molar-refractivity contribution in [3.8, 4) is 11.5 Å². The molecule has 2 N–H and O–H groups in total. The van der Waals surface area contributed by atoms with Gasteiger partial charge in [0, 0.05) is 42.9 Å². The monoisotopic (exact) mass is 515 g/mol. The van der Waals surface area contributed by atoms with E-state index in [9.17, 15) is 18.0 Å². The molecule has 2 amide bonds. The Labute approximate surface area is 212 Å².